The Morgan fingerprint density at radius 2 is 1.69 bits per heavy atom. The molecule has 0 unspecified atom stereocenters. The summed E-state index contributed by atoms with van der Waals surface area (Å²) < 4.78 is 0. The van der Waals surface area contributed by atoms with E-state index in [0.29, 0.717) is 0 Å². The van der Waals surface area contributed by atoms with E-state index in [1.807, 2.05) is 41.5 Å². The van der Waals surface area contributed by atoms with E-state index in [-0.39, 0.29) is 30.8 Å². The lowest BCUT2D eigenvalue weighted by Crippen LogP contribution is -2.49. The van der Waals surface area contributed by atoms with Crippen LogP contribution in [0.25, 0.3) is 0 Å². The minimum atomic E-state index is -2.16. The molecule has 0 bridgehead atoms. The molecule has 3 atom stereocenters. The molecule has 5 heteroatoms. The van der Waals surface area contributed by atoms with Crippen LogP contribution >= 0.6 is 0 Å². The van der Waals surface area contributed by atoms with E-state index in [1.54, 1.807) is 12.2 Å². The second-order valence-electron chi connectivity index (χ2n) is 8.04. The standard InChI is InChI=1S/C21H32O5/c1-12(2)7-9-15-19(24)18(16(22)11-14(5)6)20(25)21(15,26)17(23)10-8-13(3)4/h7-8,14-15,17,23,25-26H,9-11H2,1-6H3/t15-,17+,21+/m1/s1. The number of aliphatic hydroxyl groups is 3. The predicted octanol–water partition coefficient (Wildman–Crippen LogP) is 3.42. The van der Waals surface area contributed by atoms with Gasteiger partial charge in [0.05, 0.1) is 12.0 Å². The number of Topliss-reactive ketones (excluding diaryl/α,β-unsaturated/α-hetero) is 2. The highest BCUT2D eigenvalue weighted by Crippen LogP contribution is 2.43. The second-order valence-corrected chi connectivity index (χ2v) is 8.04. The summed E-state index contributed by atoms with van der Waals surface area (Å²) in [7, 11) is 0. The molecule has 0 aromatic rings. The summed E-state index contributed by atoms with van der Waals surface area (Å²) in [6.07, 6.45) is 2.43. The molecular weight excluding hydrogens is 332 g/mol. The molecule has 5 nitrogen and oxygen atoms in total. The number of hydrogen-bond acceptors (Lipinski definition) is 5. The minimum absolute atomic E-state index is 0.0103. The van der Waals surface area contributed by atoms with Gasteiger partial charge in [-0.15, -0.1) is 0 Å². The van der Waals surface area contributed by atoms with E-state index >= 15 is 0 Å². The van der Waals surface area contributed by atoms with Gasteiger partial charge >= 0.3 is 0 Å². The van der Waals surface area contributed by atoms with Gasteiger partial charge in [0.25, 0.3) is 0 Å². The Morgan fingerprint density at radius 1 is 1.15 bits per heavy atom. The molecule has 0 saturated carbocycles. The summed E-state index contributed by atoms with van der Waals surface area (Å²) in [5, 5.41) is 32.4. The average molecular weight is 364 g/mol. The van der Waals surface area contributed by atoms with Gasteiger partial charge in [0, 0.05) is 6.42 Å². The van der Waals surface area contributed by atoms with E-state index in [0.717, 1.165) is 11.1 Å². The molecule has 3 N–H and O–H groups in total. The lowest BCUT2D eigenvalue weighted by atomic mass is 9.80. The maximum absolute atomic E-state index is 12.9. The summed E-state index contributed by atoms with van der Waals surface area (Å²) in [5.41, 5.74) is -0.626. The first kappa shape index (κ1) is 22.3. The molecule has 1 aliphatic carbocycles. The summed E-state index contributed by atoms with van der Waals surface area (Å²) >= 11 is 0. The molecule has 0 aromatic carbocycles. The van der Waals surface area contributed by atoms with Crippen molar-refractivity contribution in [2.24, 2.45) is 11.8 Å². The van der Waals surface area contributed by atoms with Crippen LogP contribution in [0.15, 0.2) is 34.6 Å². The molecule has 1 aliphatic rings. The molecule has 0 amide bonds. The molecule has 0 aliphatic heterocycles. The number of allylic oxidation sites excluding steroid dienone is 4. The Bertz CT molecular complexity index is 645. The van der Waals surface area contributed by atoms with Crippen molar-refractivity contribution in [2.75, 3.05) is 0 Å². The van der Waals surface area contributed by atoms with E-state index in [4.69, 9.17) is 0 Å². The molecule has 0 fully saturated rings. The Hall–Kier alpha value is -1.72. The van der Waals surface area contributed by atoms with Crippen molar-refractivity contribution in [3.63, 3.8) is 0 Å². The molecule has 0 heterocycles. The van der Waals surface area contributed by atoms with Gasteiger partial charge in [0.15, 0.2) is 17.2 Å². The number of rotatable bonds is 8. The molecular formula is C21H32O5. The summed E-state index contributed by atoms with van der Waals surface area (Å²) in [4.78, 5) is 25.3. The molecule has 0 saturated heterocycles. The lowest BCUT2D eigenvalue weighted by Gasteiger charge is -2.33. The SMILES string of the molecule is CC(C)=CC[C@@H]1C(=O)C(C(=O)CC(C)C)=C(O)[C@@]1(O)[C@@H](O)CC=C(C)C. The van der Waals surface area contributed by atoms with Gasteiger partial charge in [-0.3, -0.25) is 9.59 Å². The predicted molar refractivity (Wildman–Crippen MR) is 102 cm³/mol. The number of ketones is 2. The third kappa shape index (κ3) is 4.71. The zero-order chi connectivity index (χ0) is 20.2. The Kier molecular flexibility index (Phi) is 7.54. The number of hydrogen-bond donors (Lipinski definition) is 3. The average Bonchev–Trinajstić information content (AvgIpc) is 2.69. The first-order valence-corrected chi connectivity index (χ1v) is 9.11. The van der Waals surface area contributed by atoms with Crippen molar-refractivity contribution in [1.29, 1.82) is 0 Å². The highest BCUT2D eigenvalue weighted by Gasteiger charge is 2.58. The summed E-state index contributed by atoms with van der Waals surface area (Å²) in [5.74, 6) is -2.84. The van der Waals surface area contributed by atoms with E-state index in [9.17, 15) is 24.9 Å². The van der Waals surface area contributed by atoms with Gasteiger partial charge in [-0.2, -0.15) is 0 Å². The van der Waals surface area contributed by atoms with E-state index in [2.05, 4.69) is 0 Å². The Balaban J connectivity index is 3.38. The van der Waals surface area contributed by atoms with Crippen molar-refractivity contribution < 1.29 is 24.9 Å². The molecule has 0 radical (unpaired) electrons. The van der Waals surface area contributed by atoms with Crippen molar-refractivity contribution in [3.05, 3.63) is 34.6 Å². The Labute approximate surface area is 156 Å². The fraction of sp³-hybridized carbons (Fsp3) is 0.619. The molecule has 0 spiro atoms. The minimum Gasteiger partial charge on any atom is -0.508 e. The molecule has 26 heavy (non-hydrogen) atoms. The summed E-state index contributed by atoms with van der Waals surface area (Å²) in [6.45, 7) is 11.1. The largest absolute Gasteiger partial charge is 0.508 e. The van der Waals surface area contributed by atoms with E-state index in [1.165, 1.54) is 0 Å². The van der Waals surface area contributed by atoms with Crippen molar-refractivity contribution >= 4 is 11.6 Å². The van der Waals surface area contributed by atoms with Crippen molar-refractivity contribution in [2.45, 2.75) is 72.5 Å². The zero-order valence-corrected chi connectivity index (χ0v) is 16.7. The maximum atomic E-state index is 12.9. The number of carbonyl (C=O) groups is 2. The first-order chi connectivity index (χ1) is 11.9. The van der Waals surface area contributed by atoms with Crippen LogP contribution in [0.5, 0.6) is 0 Å². The first-order valence-electron chi connectivity index (χ1n) is 9.11. The second kappa shape index (κ2) is 8.78. The highest BCUT2D eigenvalue weighted by molar-refractivity contribution is 6.23. The topological polar surface area (TPSA) is 94.8 Å². The number of aliphatic hydroxyl groups excluding tert-OH is 2. The van der Waals surface area contributed by atoms with Crippen molar-refractivity contribution in [3.8, 4) is 0 Å². The summed E-state index contributed by atoms with van der Waals surface area (Å²) in [6, 6.07) is 0. The normalized spacial score (nSPS) is 24.0. The van der Waals surface area contributed by atoms with Crippen LogP contribution in [0, 0.1) is 11.8 Å². The zero-order valence-electron chi connectivity index (χ0n) is 16.7. The third-order valence-electron chi connectivity index (χ3n) is 4.60. The molecule has 0 aromatic heterocycles. The smallest absolute Gasteiger partial charge is 0.176 e. The van der Waals surface area contributed by atoms with E-state index < -0.39 is 34.9 Å². The van der Waals surface area contributed by atoms with Crippen molar-refractivity contribution in [1.82, 2.24) is 0 Å². The van der Waals surface area contributed by atoms with Crippen LogP contribution in [0.1, 0.15) is 60.8 Å². The highest BCUT2D eigenvalue weighted by atomic mass is 16.4. The van der Waals surface area contributed by atoms with Gasteiger partial charge in [-0.25, -0.2) is 0 Å². The van der Waals surface area contributed by atoms with Crippen LogP contribution in [0.2, 0.25) is 0 Å². The fourth-order valence-electron chi connectivity index (χ4n) is 3.16. The monoisotopic (exact) mass is 364 g/mol. The van der Waals surface area contributed by atoms with Gasteiger partial charge in [-0.05, 0) is 46.5 Å². The molecule has 1 rings (SSSR count). The maximum Gasteiger partial charge on any atom is 0.176 e. The third-order valence-corrected chi connectivity index (χ3v) is 4.60. The van der Waals surface area contributed by atoms with Crippen LogP contribution < -0.4 is 0 Å². The van der Waals surface area contributed by atoms with Crippen LogP contribution in [-0.4, -0.2) is 38.6 Å². The number of carbonyl (C=O) groups excluding carboxylic acids is 2. The van der Waals surface area contributed by atoms with Crippen LogP contribution in [-0.2, 0) is 9.59 Å². The Morgan fingerprint density at radius 3 is 2.15 bits per heavy atom. The van der Waals surface area contributed by atoms with Crippen LogP contribution in [0.3, 0.4) is 0 Å². The van der Waals surface area contributed by atoms with Gasteiger partial charge in [-0.1, -0.05) is 37.1 Å². The van der Waals surface area contributed by atoms with Gasteiger partial charge < -0.3 is 15.3 Å². The fourth-order valence-corrected chi connectivity index (χ4v) is 3.16. The van der Waals surface area contributed by atoms with Gasteiger partial charge in [0.1, 0.15) is 11.3 Å². The van der Waals surface area contributed by atoms with Gasteiger partial charge in [0.2, 0.25) is 0 Å². The lowest BCUT2D eigenvalue weighted by molar-refractivity contribution is -0.134. The van der Waals surface area contributed by atoms with Crippen LogP contribution in [0.4, 0.5) is 0 Å². The quantitative estimate of drug-likeness (QED) is 0.453. The molecule has 146 valence electrons.